The minimum atomic E-state index is -0.367. The monoisotopic (exact) mass is 358 g/mol. The number of methoxy groups -OCH3 is 1. The lowest BCUT2D eigenvalue weighted by Gasteiger charge is -2.12. The van der Waals surface area contributed by atoms with Crippen LogP contribution in [0.15, 0.2) is 51.7 Å². The fourth-order valence-corrected chi connectivity index (χ4v) is 3.01. The molecule has 1 aromatic heterocycles. The summed E-state index contributed by atoms with van der Waals surface area (Å²) in [4.78, 5) is 11.8. The van der Waals surface area contributed by atoms with Gasteiger partial charge in [-0.3, -0.25) is 0 Å². The van der Waals surface area contributed by atoms with Gasteiger partial charge in [-0.2, -0.15) is 0 Å². The first-order valence-electron chi connectivity index (χ1n) is 8.13. The summed E-state index contributed by atoms with van der Waals surface area (Å²) in [5.74, 6) is 1.22. The molecule has 0 spiro atoms. The zero-order valence-electron chi connectivity index (χ0n) is 14.2. The lowest BCUT2D eigenvalue weighted by atomic mass is 10.1. The van der Waals surface area contributed by atoms with Crippen molar-refractivity contribution in [3.63, 3.8) is 0 Å². The smallest absolute Gasteiger partial charge is 0.336 e. The molecule has 0 aliphatic carbocycles. The van der Waals surface area contributed by atoms with Crippen LogP contribution in [-0.4, -0.2) is 7.11 Å². The highest BCUT2D eigenvalue weighted by molar-refractivity contribution is 6.32. The molecule has 0 saturated carbocycles. The standard InChI is InChI=1S/C20H19ClO4/c1-3-6-13-9-20(22)25-18-11-19(16(21)10-15(13)18)24-12-14-7-4-5-8-17(14)23-2/h4-5,7-11H,3,6,12H2,1-2H3. The summed E-state index contributed by atoms with van der Waals surface area (Å²) in [6.45, 7) is 2.36. The second kappa shape index (κ2) is 7.62. The van der Waals surface area contributed by atoms with E-state index >= 15 is 0 Å². The molecule has 25 heavy (non-hydrogen) atoms. The third-order valence-corrected chi connectivity index (χ3v) is 4.27. The highest BCUT2D eigenvalue weighted by atomic mass is 35.5. The van der Waals surface area contributed by atoms with Crippen molar-refractivity contribution in [3.8, 4) is 11.5 Å². The highest BCUT2D eigenvalue weighted by Gasteiger charge is 2.12. The molecule has 130 valence electrons. The van der Waals surface area contributed by atoms with Gasteiger partial charge in [0.25, 0.3) is 0 Å². The Bertz CT molecular complexity index is 946. The number of hydrogen-bond donors (Lipinski definition) is 0. The van der Waals surface area contributed by atoms with E-state index < -0.39 is 0 Å². The molecule has 0 radical (unpaired) electrons. The Morgan fingerprint density at radius 1 is 1.08 bits per heavy atom. The molecule has 0 fully saturated rings. The van der Waals surface area contributed by atoms with Gasteiger partial charge in [0.15, 0.2) is 0 Å². The molecule has 0 N–H and O–H groups in total. The Balaban J connectivity index is 1.94. The molecule has 1 heterocycles. The summed E-state index contributed by atoms with van der Waals surface area (Å²) in [6.07, 6.45) is 1.72. The van der Waals surface area contributed by atoms with Gasteiger partial charge in [-0.15, -0.1) is 0 Å². The van der Waals surface area contributed by atoms with Crippen LogP contribution >= 0.6 is 11.6 Å². The minimum Gasteiger partial charge on any atom is -0.496 e. The van der Waals surface area contributed by atoms with Gasteiger partial charge in [0.2, 0.25) is 0 Å². The maximum absolute atomic E-state index is 11.8. The zero-order chi connectivity index (χ0) is 17.8. The van der Waals surface area contributed by atoms with Gasteiger partial charge in [0.05, 0.1) is 12.1 Å². The van der Waals surface area contributed by atoms with E-state index in [0.29, 0.717) is 23.0 Å². The van der Waals surface area contributed by atoms with Crippen molar-refractivity contribution < 1.29 is 13.9 Å². The van der Waals surface area contributed by atoms with Crippen LogP contribution in [-0.2, 0) is 13.0 Å². The van der Waals surface area contributed by atoms with Crippen LogP contribution < -0.4 is 15.1 Å². The maximum atomic E-state index is 11.8. The van der Waals surface area contributed by atoms with Crippen LogP contribution in [0.1, 0.15) is 24.5 Å². The molecule has 0 unspecified atom stereocenters. The van der Waals surface area contributed by atoms with Gasteiger partial charge < -0.3 is 13.9 Å². The quantitative estimate of drug-likeness (QED) is 0.583. The number of aryl methyl sites for hydroxylation is 1. The molecule has 0 saturated heterocycles. The van der Waals surface area contributed by atoms with Gasteiger partial charge in [0.1, 0.15) is 23.7 Å². The number of halogens is 1. The van der Waals surface area contributed by atoms with Crippen molar-refractivity contribution >= 4 is 22.6 Å². The summed E-state index contributed by atoms with van der Waals surface area (Å²) in [5, 5.41) is 1.32. The molecule has 0 aliphatic rings. The van der Waals surface area contributed by atoms with Crippen LogP contribution in [0.3, 0.4) is 0 Å². The molecule has 4 nitrogen and oxygen atoms in total. The molecular weight excluding hydrogens is 340 g/mol. The molecule has 0 atom stereocenters. The molecule has 0 bridgehead atoms. The molecule has 3 aromatic rings. The molecule has 0 aliphatic heterocycles. The van der Waals surface area contributed by atoms with Crippen molar-refractivity contribution in [2.75, 3.05) is 7.11 Å². The average molecular weight is 359 g/mol. The van der Waals surface area contributed by atoms with Gasteiger partial charge in [0, 0.05) is 23.1 Å². The Morgan fingerprint density at radius 2 is 1.88 bits per heavy atom. The topological polar surface area (TPSA) is 48.7 Å². The largest absolute Gasteiger partial charge is 0.496 e. The average Bonchev–Trinajstić information content (AvgIpc) is 2.61. The lowest BCUT2D eigenvalue weighted by Crippen LogP contribution is -2.02. The Morgan fingerprint density at radius 3 is 2.64 bits per heavy atom. The number of benzene rings is 2. The van der Waals surface area contributed by atoms with Gasteiger partial charge >= 0.3 is 5.63 Å². The highest BCUT2D eigenvalue weighted by Crippen LogP contribution is 2.32. The van der Waals surface area contributed by atoms with Crippen molar-refractivity contribution in [1.29, 1.82) is 0 Å². The predicted octanol–water partition coefficient (Wildman–Crippen LogP) is 4.99. The van der Waals surface area contributed by atoms with Crippen LogP contribution in [0, 0.1) is 0 Å². The SMILES string of the molecule is CCCc1cc(=O)oc2cc(OCc3ccccc3OC)c(Cl)cc12. The van der Waals surface area contributed by atoms with Crippen molar-refractivity contribution in [2.24, 2.45) is 0 Å². The van der Waals surface area contributed by atoms with Crippen molar-refractivity contribution in [3.05, 3.63) is 69.0 Å². The van der Waals surface area contributed by atoms with E-state index in [4.69, 9.17) is 25.5 Å². The number of ether oxygens (including phenoxy) is 2. The van der Waals surface area contributed by atoms with E-state index in [1.54, 1.807) is 19.2 Å². The molecular formula is C20H19ClO4. The molecule has 5 heteroatoms. The molecule has 3 rings (SSSR count). The first kappa shape index (κ1) is 17.4. The van der Waals surface area contributed by atoms with E-state index in [1.807, 2.05) is 24.3 Å². The second-order valence-corrected chi connectivity index (χ2v) is 6.13. The Hall–Kier alpha value is -2.46. The second-order valence-electron chi connectivity index (χ2n) is 5.72. The third kappa shape index (κ3) is 3.80. The number of para-hydroxylation sites is 1. The van der Waals surface area contributed by atoms with E-state index in [1.165, 1.54) is 6.07 Å². The summed E-state index contributed by atoms with van der Waals surface area (Å²) in [6, 6.07) is 12.6. The fourth-order valence-electron chi connectivity index (χ4n) is 2.79. The zero-order valence-corrected chi connectivity index (χ0v) is 14.9. The number of rotatable bonds is 6. The minimum absolute atomic E-state index is 0.300. The van der Waals surface area contributed by atoms with Crippen molar-refractivity contribution in [2.45, 2.75) is 26.4 Å². The predicted molar refractivity (Wildman–Crippen MR) is 98.8 cm³/mol. The Kier molecular flexibility index (Phi) is 5.29. The van der Waals surface area contributed by atoms with E-state index in [0.717, 1.165) is 35.1 Å². The molecule has 2 aromatic carbocycles. The fraction of sp³-hybridized carbons (Fsp3) is 0.250. The normalized spacial score (nSPS) is 10.8. The van der Waals surface area contributed by atoms with Crippen LogP contribution in [0.5, 0.6) is 11.5 Å². The lowest BCUT2D eigenvalue weighted by molar-refractivity contribution is 0.297. The van der Waals surface area contributed by atoms with E-state index in [-0.39, 0.29) is 5.63 Å². The third-order valence-electron chi connectivity index (χ3n) is 3.98. The summed E-state index contributed by atoms with van der Waals surface area (Å²) in [7, 11) is 1.62. The number of hydrogen-bond acceptors (Lipinski definition) is 4. The maximum Gasteiger partial charge on any atom is 0.336 e. The van der Waals surface area contributed by atoms with Gasteiger partial charge in [-0.05, 0) is 24.1 Å². The summed E-state index contributed by atoms with van der Waals surface area (Å²) < 4.78 is 16.5. The molecule has 0 amide bonds. The van der Waals surface area contributed by atoms with Crippen molar-refractivity contribution in [1.82, 2.24) is 0 Å². The Labute approximate surface area is 150 Å². The summed E-state index contributed by atoms with van der Waals surface area (Å²) in [5.41, 5.74) is 1.96. The van der Waals surface area contributed by atoms with Gasteiger partial charge in [-0.25, -0.2) is 4.79 Å². The van der Waals surface area contributed by atoms with E-state index in [9.17, 15) is 4.79 Å². The first-order valence-corrected chi connectivity index (χ1v) is 8.51. The van der Waals surface area contributed by atoms with Crippen LogP contribution in [0.4, 0.5) is 0 Å². The van der Waals surface area contributed by atoms with Gasteiger partial charge in [-0.1, -0.05) is 43.1 Å². The van der Waals surface area contributed by atoms with Crippen LogP contribution in [0.25, 0.3) is 11.0 Å². The van der Waals surface area contributed by atoms with E-state index in [2.05, 4.69) is 6.92 Å². The summed E-state index contributed by atoms with van der Waals surface area (Å²) >= 11 is 6.38. The number of fused-ring (bicyclic) bond motifs is 1. The first-order chi connectivity index (χ1) is 12.1. The van der Waals surface area contributed by atoms with Crippen LogP contribution in [0.2, 0.25) is 5.02 Å².